The molecule has 118 valence electrons. The van der Waals surface area contributed by atoms with Crippen LogP contribution in [0.25, 0.3) is 5.65 Å². The van der Waals surface area contributed by atoms with Gasteiger partial charge in [-0.3, -0.25) is 9.20 Å². The van der Waals surface area contributed by atoms with Crippen LogP contribution in [0.3, 0.4) is 0 Å². The highest BCUT2D eigenvalue weighted by atomic mass is 35.5. The Hall–Kier alpha value is -2.04. The Morgan fingerprint density at radius 3 is 2.70 bits per heavy atom. The maximum Gasteiger partial charge on any atom is 0.274 e. The molecule has 4 nitrogen and oxygen atoms in total. The molecule has 0 saturated carbocycles. The van der Waals surface area contributed by atoms with E-state index in [1.54, 1.807) is 23.6 Å². The third-order valence-corrected chi connectivity index (χ3v) is 4.37. The number of aryl methyl sites for hydroxylation is 2. The second-order valence-corrected chi connectivity index (χ2v) is 6.29. The van der Waals surface area contributed by atoms with Crippen molar-refractivity contribution in [2.75, 3.05) is 5.32 Å². The number of benzene rings is 1. The maximum absolute atomic E-state index is 12.7. The van der Waals surface area contributed by atoms with Crippen molar-refractivity contribution in [3.05, 3.63) is 63.0 Å². The van der Waals surface area contributed by atoms with E-state index in [0.29, 0.717) is 27.1 Å². The van der Waals surface area contributed by atoms with Gasteiger partial charge in [0.15, 0.2) is 5.65 Å². The molecule has 2 heterocycles. The second-order valence-electron chi connectivity index (χ2n) is 5.45. The third kappa shape index (κ3) is 2.80. The molecule has 0 bridgehead atoms. The molecule has 1 amide bonds. The highest BCUT2D eigenvalue weighted by molar-refractivity contribution is 6.36. The van der Waals surface area contributed by atoms with Crippen LogP contribution in [0.15, 0.2) is 30.5 Å². The largest absolute Gasteiger partial charge is 0.320 e. The summed E-state index contributed by atoms with van der Waals surface area (Å²) in [6.07, 6.45) is 1.64. The molecule has 0 aliphatic heterocycles. The zero-order valence-corrected chi connectivity index (χ0v) is 14.5. The van der Waals surface area contributed by atoms with Crippen LogP contribution in [0.2, 0.25) is 10.0 Å². The summed E-state index contributed by atoms with van der Waals surface area (Å²) in [5, 5.41) is 3.79. The minimum atomic E-state index is -0.248. The molecular weight excluding hydrogens is 333 g/mol. The summed E-state index contributed by atoms with van der Waals surface area (Å²) < 4.78 is 1.63. The fourth-order valence-electron chi connectivity index (χ4n) is 2.53. The monoisotopic (exact) mass is 347 g/mol. The smallest absolute Gasteiger partial charge is 0.274 e. The predicted molar refractivity (Wildman–Crippen MR) is 93.8 cm³/mol. The first-order chi connectivity index (χ1) is 10.9. The van der Waals surface area contributed by atoms with Crippen molar-refractivity contribution in [3.8, 4) is 0 Å². The third-order valence-electron chi connectivity index (χ3n) is 3.88. The van der Waals surface area contributed by atoms with Crippen molar-refractivity contribution >= 4 is 40.4 Å². The van der Waals surface area contributed by atoms with Gasteiger partial charge >= 0.3 is 0 Å². The number of nitrogens with one attached hydrogen (secondary N) is 1. The number of hydrogen-bond acceptors (Lipinski definition) is 2. The first kappa shape index (κ1) is 15.8. The molecule has 0 unspecified atom stereocenters. The molecule has 1 aromatic carbocycles. The van der Waals surface area contributed by atoms with E-state index in [2.05, 4.69) is 10.3 Å². The van der Waals surface area contributed by atoms with Crippen LogP contribution in [0.4, 0.5) is 5.69 Å². The normalized spacial score (nSPS) is 11.0. The first-order valence-corrected chi connectivity index (χ1v) is 7.85. The van der Waals surface area contributed by atoms with Crippen LogP contribution in [0.1, 0.15) is 27.3 Å². The van der Waals surface area contributed by atoms with Crippen LogP contribution < -0.4 is 5.32 Å². The topological polar surface area (TPSA) is 46.4 Å². The van der Waals surface area contributed by atoms with E-state index in [1.807, 2.05) is 32.0 Å². The zero-order chi connectivity index (χ0) is 16.7. The van der Waals surface area contributed by atoms with Crippen molar-refractivity contribution in [2.45, 2.75) is 20.8 Å². The van der Waals surface area contributed by atoms with Crippen molar-refractivity contribution in [1.29, 1.82) is 0 Å². The van der Waals surface area contributed by atoms with Crippen LogP contribution in [0.5, 0.6) is 0 Å². The van der Waals surface area contributed by atoms with Crippen molar-refractivity contribution < 1.29 is 4.79 Å². The molecule has 0 fully saturated rings. The Balaban J connectivity index is 2.08. The standard InChI is InChI=1S/C17H15Cl2N3O/c1-9-5-4-6-14(10(9)2)21-17(23)15-11(3)20-16-13(19)7-12(18)8-22(15)16/h4-8H,1-3H3,(H,21,23). The molecule has 0 radical (unpaired) electrons. The Morgan fingerprint density at radius 1 is 1.22 bits per heavy atom. The lowest BCUT2D eigenvalue weighted by molar-refractivity contribution is 0.102. The molecule has 6 heteroatoms. The van der Waals surface area contributed by atoms with Crippen LogP contribution in [0, 0.1) is 20.8 Å². The van der Waals surface area contributed by atoms with Gasteiger partial charge in [-0.25, -0.2) is 4.98 Å². The van der Waals surface area contributed by atoms with Crippen molar-refractivity contribution in [1.82, 2.24) is 9.38 Å². The van der Waals surface area contributed by atoms with E-state index in [4.69, 9.17) is 23.2 Å². The summed E-state index contributed by atoms with van der Waals surface area (Å²) in [5.74, 6) is -0.248. The number of carbonyl (C=O) groups is 1. The predicted octanol–water partition coefficient (Wildman–Crippen LogP) is 4.82. The number of hydrogen-bond donors (Lipinski definition) is 1. The number of rotatable bonds is 2. The highest BCUT2D eigenvalue weighted by Crippen LogP contribution is 2.25. The van der Waals surface area contributed by atoms with Crippen molar-refractivity contribution in [2.24, 2.45) is 0 Å². The molecule has 3 aromatic rings. The molecule has 1 N–H and O–H groups in total. The fourth-order valence-corrected chi connectivity index (χ4v) is 3.04. The SMILES string of the molecule is Cc1cccc(NC(=O)c2c(C)nc3c(Cl)cc(Cl)cn23)c1C. The zero-order valence-electron chi connectivity index (χ0n) is 12.9. The van der Waals surface area contributed by atoms with Gasteiger partial charge in [-0.15, -0.1) is 0 Å². The molecule has 3 rings (SSSR count). The molecule has 2 aromatic heterocycles. The van der Waals surface area contributed by atoms with E-state index in [-0.39, 0.29) is 5.91 Å². The Labute approximate surface area is 144 Å². The molecule has 0 spiro atoms. The lowest BCUT2D eigenvalue weighted by atomic mass is 10.1. The lowest BCUT2D eigenvalue weighted by Crippen LogP contribution is -2.16. The van der Waals surface area contributed by atoms with Crippen molar-refractivity contribution in [3.63, 3.8) is 0 Å². The van der Waals surface area contributed by atoms with E-state index >= 15 is 0 Å². The molecule has 23 heavy (non-hydrogen) atoms. The number of pyridine rings is 1. The van der Waals surface area contributed by atoms with Gasteiger partial charge in [-0.2, -0.15) is 0 Å². The van der Waals surface area contributed by atoms with Crippen LogP contribution in [-0.2, 0) is 0 Å². The summed E-state index contributed by atoms with van der Waals surface area (Å²) in [6.45, 7) is 5.75. The van der Waals surface area contributed by atoms with Crippen LogP contribution in [-0.4, -0.2) is 15.3 Å². The van der Waals surface area contributed by atoms with Gasteiger partial charge in [-0.1, -0.05) is 35.3 Å². The van der Waals surface area contributed by atoms with Gasteiger partial charge in [0.05, 0.1) is 15.7 Å². The molecule has 0 saturated heterocycles. The fraction of sp³-hybridized carbons (Fsp3) is 0.176. The van der Waals surface area contributed by atoms with Crippen LogP contribution >= 0.6 is 23.2 Å². The summed E-state index contributed by atoms with van der Waals surface area (Å²) >= 11 is 12.2. The lowest BCUT2D eigenvalue weighted by Gasteiger charge is -2.11. The quantitative estimate of drug-likeness (QED) is 0.722. The van der Waals surface area contributed by atoms with Gasteiger partial charge in [0.1, 0.15) is 5.69 Å². The van der Waals surface area contributed by atoms with E-state index < -0.39 is 0 Å². The number of halogens is 2. The van der Waals surface area contributed by atoms with Gasteiger partial charge in [0, 0.05) is 11.9 Å². The average molecular weight is 348 g/mol. The average Bonchev–Trinajstić information content (AvgIpc) is 2.80. The number of anilines is 1. The Bertz CT molecular complexity index is 931. The summed E-state index contributed by atoms with van der Waals surface area (Å²) in [5.41, 5.74) is 4.45. The molecule has 0 aliphatic rings. The van der Waals surface area contributed by atoms with E-state index in [1.165, 1.54) is 0 Å². The van der Waals surface area contributed by atoms with Gasteiger partial charge in [-0.05, 0) is 44.0 Å². The number of imidazole rings is 1. The van der Waals surface area contributed by atoms with E-state index in [9.17, 15) is 4.79 Å². The number of amides is 1. The minimum Gasteiger partial charge on any atom is -0.320 e. The number of carbonyl (C=O) groups excluding carboxylic acids is 1. The van der Waals surface area contributed by atoms with Gasteiger partial charge in [0.2, 0.25) is 0 Å². The number of aromatic nitrogens is 2. The summed E-state index contributed by atoms with van der Waals surface area (Å²) in [4.78, 5) is 17.1. The summed E-state index contributed by atoms with van der Waals surface area (Å²) in [7, 11) is 0. The first-order valence-electron chi connectivity index (χ1n) is 7.09. The van der Waals surface area contributed by atoms with Gasteiger partial charge in [0.25, 0.3) is 5.91 Å². The molecule has 0 atom stereocenters. The molecular formula is C17H15Cl2N3O. The van der Waals surface area contributed by atoms with Gasteiger partial charge < -0.3 is 5.32 Å². The number of nitrogens with zero attached hydrogens (tertiary/aromatic N) is 2. The minimum absolute atomic E-state index is 0.248. The summed E-state index contributed by atoms with van der Waals surface area (Å²) in [6, 6.07) is 7.40. The van der Waals surface area contributed by atoms with E-state index in [0.717, 1.165) is 16.8 Å². The maximum atomic E-state index is 12.7. The highest BCUT2D eigenvalue weighted by Gasteiger charge is 2.19. The second kappa shape index (κ2) is 5.87. The molecule has 0 aliphatic carbocycles. The number of fused-ring (bicyclic) bond motifs is 1. The Kier molecular flexibility index (Phi) is 4.04. The Morgan fingerprint density at radius 2 is 1.96 bits per heavy atom.